The van der Waals surface area contributed by atoms with Crippen molar-refractivity contribution in [3.05, 3.63) is 35.8 Å². The molecule has 0 amide bonds. The lowest BCUT2D eigenvalue weighted by Crippen LogP contribution is -1.94. The van der Waals surface area contributed by atoms with Gasteiger partial charge in [0, 0.05) is 11.5 Å². The molecule has 0 atom stereocenters. The molecule has 2 N–H and O–H groups in total. The molecule has 1 heterocycles. The molecule has 16 heavy (non-hydrogen) atoms. The summed E-state index contributed by atoms with van der Waals surface area (Å²) in [4.78, 5) is 0. The van der Waals surface area contributed by atoms with Crippen molar-refractivity contribution in [1.29, 1.82) is 0 Å². The lowest BCUT2D eigenvalue weighted by Gasteiger charge is -2.05. The number of hydrogen-bond acceptors (Lipinski definition) is 3. The van der Waals surface area contributed by atoms with E-state index in [1.807, 2.05) is 13.8 Å². The highest BCUT2D eigenvalue weighted by molar-refractivity contribution is 5.76. The van der Waals surface area contributed by atoms with Gasteiger partial charge < -0.3 is 10.3 Å². The molecule has 0 aliphatic rings. The SMILES string of the molecule is CC(C)c1onc(N)c1-c1ccccc1F. The highest BCUT2D eigenvalue weighted by atomic mass is 19.1. The molecule has 0 aliphatic heterocycles. The van der Waals surface area contributed by atoms with E-state index in [2.05, 4.69) is 5.16 Å². The average Bonchev–Trinajstić information content (AvgIpc) is 2.61. The highest BCUT2D eigenvalue weighted by Crippen LogP contribution is 2.35. The van der Waals surface area contributed by atoms with Crippen LogP contribution in [0, 0.1) is 5.82 Å². The van der Waals surface area contributed by atoms with Crippen molar-refractivity contribution >= 4 is 5.82 Å². The molecule has 0 unspecified atom stereocenters. The topological polar surface area (TPSA) is 52.0 Å². The third-order valence-corrected chi connectivity index (χ3v) is 2.41. The molecule has 0 saturated carbocycles. The third kappa shape index (κ3) is 1.66. The van der Waals surface area contributed by atoms with Crippen molar-refractivity contribution in [1.82, 2.24) is 5.16 Å². The molecule has 0 aliphatic carbocycles. The van der Waals surface area contributed by atoms with Gasteiger partial charge in [-0.1, -0.05) is 37.2 Å². The van der Waals surface area contributed by atoms with Crippen LogP contribution in [0.1, 0.15) is 25.5 Å². The van der Waals surface area contributed by atoms with E-state index >= 15 is 0 Å². The molecule has 0 spiro atoms. The molecule has 3 nitrogen and oxygen atoms in total. The van der Waals surface area contributed by atoms with Gasteiger partial charge in [0.05, 0.1) is 5.56 Å². The van der Waals surface area contributed by atoms with Gasteiger partial charge in [0.1, 0.15) is 11.6 Å². The molecule has 0 radical (unpaired) electrons. The Morgan fingerprint density at radius 1 is 1.31 bits per heavy atom. The van der Waals surface area contributed by atoms with Gasteiger partial charge in [-0.15, -0.1) is 0 Å². The Morgan fingerprint density at radius 2 is 2.00 bits per heavy atom. The van der Waals surface area contributed by atoms with Crippen molar-refractivity contribution < 1.29 is 8.91 Å². The van der Waals surface area contributed by atoms with Gasteiger partial charge in [-0.25, -0.2) is 4.39 Å². The minimum Gasteiger partial charge on any atom is -0.380 e. The lowest BCUT2D eigenvalue weighted by atomic mass is 10.00. The first kappa shape index (κ1) is 10.7. The van der Waals surface area contributed by atoms with Crippen LogP contribution in [0.5, 0.6) is 0 Å². The first-order valence-corrected chi connectivity index (χ1v) is 5.11. The Morgan fingerprint density at radius 3 is 2.62 bits per heavy atom. The normalized spacial score (nSPS) is 11.0. The molecule has 0 fully saturated rings. The van der Waals surface area contributed by atoms with E-state index in [9.17, 15) is 4.39 Å². The predicted molar refractivity (Wildman–Crippen MR) is 60.4 cm³/mol. The standard InChI is InChI=1S/C12H13FN2O/c1-7(2)11-10(12(14)15-16-11)8-5-3-4-6-9(8)13/h3-7H,1-2H3,(H2,14,15). The second-order valence-corrected chi connectivity index (χ2v) is 3.94. The summed E-state index contributed by atoms with van der Waals surface area (Å²) in [5, 5.41) is 3.69. The van der Waals surface area contributed by atoms with E-state index in [0.717, 1.165) is 0 Å². The van der Waals surface area contributed by atoms with Gasteiger partial charge in [-0.3, -0.25) is 0 Å². The van der Waals surface area contributed by atoms with Crippen LogP contribution in [0.4, 0.5) is 10.2 Å². The average molecular weight is 220 g/mol. The minimum atomic E-state index is -0.320. The maximum absolute atomic E-state index is 13.7. The van der Waals surface area contributed by atoms with Crippen LogP contribution in [-0.2, 0) is 0 Å². The summed E-state index contributed by atoms with van der Waals surface area (Å²) in [7, 11) is 0. The largest absolute Gasteiger partial charge is 0.380 e. The summed E-state index contributed by atoms with van der Waals surface area (Å²) in [5.41, 5.74) is 6.71. The number of nitrogens with two attached hydrogens (primary N) is 1. The van der Waals surface area contributed by atoms with Crippen molar-refractivity contribution in [3.8, 4) is 11.1 Å². The van der Waals surface area contributed by atoms with Gasteiger partial charge in [-0.05, 0) is 6.07 Å². The van der Waals surface area contributed by atoms with Crippen LogP contribution in [-0.4, -0.2) is 5.16 Å². The number of aromatic nitrogens is 1. The summed E-state index contributed by atoms with van der Waals surface area (Å²) in [5.74, 6) is 0.634. The van der Waals surface area contributed by atoms with Gasteiger partial charge in [-0.2, -0.15) is 0 Å². The van der Waals surface area contributed by atoms with Crippen LogP contribution in [0.15, 0.2) is 28.8 Å². The molecule has 0 bridgehead atoms. The Kier molecular flexibility index (Phi) is 2.64. The second kappa shape index (κ2) is 3.96. The van der Waals surface area contributed by atoms with Crippen LogP contribution >= 0.6 is 0 Å². The number of anilines is 1. The lowest BCUT2D eigenvalue weighted by molar-refractivity contribution is 0.374. The minimum absolute atomic E-state index is 0.111. The first-order chi connectivity index (χ1) is 7.61. The Bertz CT molecular complexity index is 505. The molecule has 2 rings (SSSR count). The van der Waals surface area contributed by atoms with E-state index in [1.54, 1.807) is 18.2 Å². The number of nitrogen functional groups attached to an aromatic ring is 1. The molecule has 1 aromatic carbocycles. The fourth-order valence-electron chi connectivity index (χ4n) is 1.64. The first-order valence-electron chi connectivity index (χ1n) is 5.11. The monoisotopic (exact) mass is 220 g/mol. The Balaban J connectivity index is 2.64. The van der Waals surface area contributed by atoms with Crippen molar-refractivity contribution in [3.63, 3.8) is 0 Å². The van der Waals surface area contributed by atoms with E-state index in [-0.39, 0.29) is 17.6 Å². The maximum atomic E-state index is 13.7. The summed E-state index contributed by atoms with van der Waals surface area (Å²) < 4.78 is 18.8. The third-order valence-electron chi connectivity index (χ3n) is 2.41. The van der Waals surface area contributed by atoms with Crippen LogP contribution in [0.25, 0.3) is 11.1 Å². The fourth-order valence-corrected chi connectivity index (χ4v) is 1.64. The maximum Gasteiger partial charge on any atom is 0.175 e. The van der Waals surface area contributed by atoms with E-state index in [1.165, 1.54) is 6.07 Å². The van der Waals surface area contributed by atoms with Crippen LogP contribution < -0.4 is 5.73 Å². The summed E-state index contributed by atoms with van der Waals surface area (Å²) in [6, 6.07) is 6.46. The van der Waals surface area contributed by atoms with Crippen LogP contribution in [0.2, 0.25) is 0 Å². The molecular formula is C12H13FN2O. The molecular weight excluding hydrogens is 207 g/mol. The van der Waals surface area contributed by atoms with Crippen molar-refractivity contribution in [2.24, 2.45) is 0 Å². The second-order valence-electron chi connectivity index (χ2n) is 3.94. The Hall–Kier alpha value is -1.84. The fraction of sp³-hybridized carbons (Fsp3) is 0.250. The number of benzene rings is 1. The predicted octanol–water partition coefficient (Wildman–Crippen LogP) is 3.19. The van der Waals surface area contributed by atoms with E-state index in [4.69, 9.17) is 10.3 Å². The van der Waals surface area contributed by atoms with Gasteiger partial charge in [0.15, 0.2) is 5.82 Å². The zero-order chi connectivity index (χ0) is 11.7. The quantitative estimate of drug-likeness (QED) is 0.845. The molecule has 2 aromatic rings. The Labute approximate surface area is 93.1 Å². The zero-order valence-electron chi connectivity index (χ0n) is 9.20. The summed E-state index contributed by atoms with van der Waals surface area (Å²) in [6.07, 6.45) is 0. The summed E-state index contributed by atoms with van der Waals surface area (Å²) >= 11 is 0. The van der Waals surface area contributed by atoms with Crippen LogP contribution in [0.3, 0.4) is 0 Å². The van der Waals surface area contributed by atoms with Crippen molar-refractivity contribution in [2.45, 2.75) is 19.8 Å². The van der Waals surface area contributed by atoms with E-state index in [0.29, 0.717) is 16.9 Å². The van der Waals surface area contributed by atoms with Gasteiger partial charge >= 0.3 is 0 Å². The highest BCUT2D eigenvalue weighted by Gasteiger charge is 2.20. The number of halogens is 1. The number of hydrogen-bond donors (Lipinski definition) is 1. The number of rotatable bonds is 2. The number of nitrogens with zero attached hydrogens (tertiary/aromatic N) is 1. The molecule has 84 valence electrons. The van der Waals surface area contributed by atoms with E-state index < -0.39 is 0 Å². The van der Waals surface area contributed by atoms with Gasteiger partial charge in [0.2, 0.25) is 0 Å². The zero-order valence-corrected chi connectivity index (χ0v) is 9.20. The molecule has 1 aromatic heterocycles. The molecule has 4 heteroatoms. The van der Waals surface area contributed by atoms with Crippen molar-refractivity contribution in [2.75, 3.05) is 5.73 Å². The molecule has 0 saturated heterocycles. The smallest absolute Gasteiger partial charge is 0.175 e. The summed E-state index contributed by atoms with van der Waals surface area (Å²) in [6.45, 7) is 3.90. The van der Waals surface area contributed by atoms with Gasteiger partial charge in [0.25, 0.3) is 0 Å².